The number of halogens is 2. The second-order valence-corrected chi connectivity index (χ2v) is 3.76. The summed E-state index contributed by atoms with van der Waals surface area (Å²) in [5.74, 6) is 0. The zero-order valence-corrected chi connectivity index (χ0v) is 9.38. The van der Waals surface area contributed by atoms with Crippen molar-refractivity contribution in [1.82, 2.24) is 0 Å². The number of benzene rings is 1. The molecule has 0 unspecified atom stereocenters. The molecule has 0 aliphatic carbocycles. The molecule has 0 heterocycles. The fourth-order valence-corrected chi connectivity index (χ4v) is 1.30. The van der Waals surface area contributed by atoms with Crippen LogP contribution in [0.25, 0.3) is 10.4 Å². The number of nitrogens with zero attached hydrogens (tertiary/aromatic N) is 3. The zero-order valence-electron chi connectivity index (χ0n) is 7.04. The third-order valence-corrected chi connectivity index (χ3v) is 2.79. The van der Waals surface area contributed by atoms with Gasteiger partial charge in [0.05, 0.1) is 11.6 Å². The van der Waals surface area contributed by atoms with Crippen molar-refractivity contribution in [2.45, 2.75) is 0 Å². The molecule has 0 atom stereocenters. The Bertz CT molecular complexity index is 412. The van der Waals surface area contributed by atoms with Gasteiger partial charge in [-0.25, -0.2) is 0 Å². The van der Waals surface area contributed by atoms with Crippen LogP contribution < -0.4 is 0 Å². The Labute approximate surface area is 94.2 Å². The summed E-state index contributed by atoms with van der Waals surface area (Å²) in [4.78, 5) is 2.58. The Hall–Kier alpha value is -1.03. The molecular formula is C8H6BrClN4. The highest BCUT2D eigenvalue weighted by Gasteiger charge is 2.03. The molecule has 1 rings (SSSR count). The lowest BCUT2D eigenvalue weighted by Crippen LogP contribution is -2.02. The van der Waals surface area contributed by atoms with Crippen LogP contribution in [0.1, 0.15) is 5.56 Å². The standard InChI is InChI=1S/C8H6BrClN4/c9-6-2-1-5(3-7(6)10)8(11)4-13-14-12/h1-3,11H,4H2. The average Bonchev–Trinajstić information content (AvgIpc) is 2.18. The van der Waals surface area contributed by atoms with Crippen LogP contribution in [-0.4, -0.2) is 12.3 Å². The van der Waals surface area contributed by atoms with Crippen molar-refractivity contribution in [2.75, 3.05) is 6.54 Å². The van der Waals surface area contributed by atoms with Crippen LogP contribution in [0.15, 0.2) is 27.8 Å². The molecule has 0 aliphatic rings. The first-order valence-electron chi connectivity index (χ1n) is 3.69. The Morgan fingerprint density at radius 1 is 1.64 bits per heavy atom. The number of azide groups is 1. The molecule has 1 aromatic carbocycles. The van der Waals surface area contributed by atoms with Gasteiger partial charge >= 0.3 is 0 Å². The Kier molecular flexibility index (Phi) is 3.95. The van der Waals surface area contributed by atoms with Crippen molar-refractivity contribution in [1.29, 1.82) is 5.41 Å². The van der Waals surface area contributed by atoms with Crippen molar-refractivity contribution in [3.63, 3.8) is 0 Å². The number of hydrogen-bond acceptors (Lipinski definition) is 2. The molecule has 0 saturated heterocycles. The minimum atomic E-state index is 0.0362. The summed E-state index contributed by atoms with van der Waals surface area (Å²) in [5.41, 5.74) is 8.99. The van der Waals surface area contributed by atoms with Crippen LogP contribution in [0.3, 0.4) is 0 Å². The SMILES string of the molecule is [N-]=[N+]=NCC(=N)c1ccc(Br)c(Cl)c1. The topological polar surface area (TPSA) is 72.6 Å². The van der Waals surface area contributed by atoms with E-state index < -0.39 is 0 Å². The molecule has 0 saturated carbocycles. The van der Waals surface area contributed by atoms with Crippen LogP contribution in [0.4, 0.5) is 0 Å². The van der Waals surface area contributed by atoms with Gasteiger partial charge in [-0.05, 0) is 39.2 Å². The summed E-state index contributed by atoms with van der Waals surface area (Å²) in [5, 5.41) is 11.4. The van der Waals surface area contributed by atoms with Gasteiger partial charge in [0.2, 0.25) is 0 Å². The summed E-state index contributed by atoms with van der Waals surface area (Å²) < 4.78 is 0.777. The van der Waals surface area contributed by atoms with Gasteiger partial charge in [0.15, 0.2) is 0 Å². The fourth-order valence-electron chi connectivity index (χ4n) is 0.877. The minimum absolute atomic E-state index is 0.0362. The molecule has 0 aromatic heterocycles. The van der Waals surface area contributed by atoms with Crippen LogP contribution in [-0.2, 0) is 0 Å². The summed E-state index contributed by atoms with van der Waals surface area (Å²) in [6.07, 6.45) is 0. The highest BCUT2D eigenvalue weighted by Crippen LogP contribution is 2.23. The monoisotopic (exact) mass is 272 g/mol. The molecule has 0 spiro atoms. The van der Waals surface area contributed by atoms with E-state index >= 15 is 0 Å². The Morgan fingerprint density at radius 3 is 2.93 bits per heavy atom. The molecule has 1 N–H and O–H groups in total. The predicted octanol–water partition coefficient (Wildman–Crippen LogP) is 3.78. The van der Waals surface area contributed by atoms with Crippen molar-refractivity contribution in [3.8, 4) is 0 Å². The van der Waals surface area contributed by atoms with E-state index in [0.29, 0.717) is 10.6 Å². The van der Waals surface area contributed by atoms with E-state index in [2.05, 4.69) is 26.0 Å². The van der Waals surface area contributed by atoms with E-state index in [4.69, 9.17) is 22.5 Å². The molecule has 72 valence electrons. The van der Waals surface area contributed by atoms with Crippen LogP contribution >= 0.6 is 27.5 Å². The van der Waals surface area contributed by atoms with Gasteiger partial charge in [0.25, 0.3) is 0 Å². The van der Waals surface area contributed by atoms with Gasteiger partial charge in [-0.3, -0.25) is 0 Å². The number of rotatable bonds is 3. The van der Waals surface area contributed by atoms with E-state index in [-0.39, 0.29) is 12.3 Å². The van der Waals surface area contributed by atoms with Crippen molar-refractivity contribution >= 4 is 33.2 Å². The normalized spacial score (nSPS) is 9.29. The lowest BCUT2D eigenvalue weighted by Gasteiger charge is -2.02. The molecule has 4 nitrogen and oxygen atoms in total. The van der Waals surface area contributed by atoms with E-state index in [0.717, 1.165) is 4.47 Å². The highest BCUT2D eigenvalue weighted by atomic mass is 79.9. The lowest BCUT2D eigenvalue weighted by molar-refractivity contribution is 1.23. The highest BCUT2D eigenvalue weighted by molar-refractivity contribution is 9.10. The maximum absolute atomic E-state index is 8.09. The molecule has 1 aromatic rings. The number of hydrogen-bond donors (Lipinski definition) is 1. The third kappa shape index (κ3) is 2.73. The largest absolute Gasteiger partial charge is 0.305 e. The molecule has 0 bridgehead atoms. The van der Waals surface area contributed by atoms with E-state index in [1.165, 1.54) is 0 Å². The quantitative estimate of drug-likeness (QED) is 0.377. The summed E-state index contributed by atoms with van der Waals surface area (Å²) >= 11 is 9.09. The summed E-state index contributed by atoms with van der Waals surface area (Å²) in [7, 11) is 0. The minimum Gasteiger partial charge on any atom is -0.305 e. The van der Waals surface area contributed by atoms with E-state index in [1.54, 1.807) is 18.2 Å². The smallest absolute Gasteiger partial charge is 0.0683 e. The molecule has 0 aliphatic heterocycles. The van der Waals surface area contributed by atoms with Gasteiger partial charge in [-0.15, -0.1) is 0 Å². The molecule has 0 amide bonds. The maximum Gasteiger partial charge on any atom is 0.0683 e. The molecule has 14 heavy (non-hydrogen) atoms. The van der Waals surface area contributed by atoms with Gasteiger partial charge < -0.3 is 5.41 Å². The van der Waals surface area contributed by atoms with Crippen molar-refractivity contribution in [3.05, 3.63) is 43.7 Å². The predicted molar refractivity (Wildman–Crippen MR) is 60.0 cm³/mol. The first kappa shape index (κ1) is 11.0. The maximum atomic E-state index is 8.09. The lowest BCUT2D eigenvalue weighted by atomic mass is 10.1. The van der Waals surface area contributed by atoms with Crippen molar-refractivity contribution < 1.29 is 0 Å². The van der Waals surface area contributed by atoms with Crippen molar-refractivity contribution in [2.24, 2.45) is 5.11 Å². The zero-order chi connectivity index (χ0) is 10.6. The van der Waals surface area contributed by atoms with Crippen LogP contribution in [0.5, 0.6) is 0 Å². The van der Waals surface area contributed by atoms with Gasteiger partial charge in [0.1, 0.15) is 0 Å². The van der Waals surface area contributed by atoms with Gasteiger partial charge in [-0.1, -0.05) is 22.8 Å². The average molecular weight is 274 g/mol. The second-order valence-electron chi connectivity index (χ2n) is 2.50. The third-order valence-electron chi connectivity index (χ3n) is 1.56. The van der Waals surface area contributed by atoms with E-state index in [1.807, 2.05) is 0 Å². The first-order valence-corrected chi connectivity index (χ1v) is 4.86. The Balaban J connectivity index is 2.91. The van der Waals surface area contributed by atoms with E-state index in [9.17, 15) is 0 Å². The fraction of sp³-hybridized carbons (Fsp3) is 0.125. The molecule has 0 radical (unpaired) electrons. The van der Waals surface area contributed by atoms with Gasteiger partial charge in [-0.2, -0.15) is 0 Å². The summed E-state index contributed by atoms with van der Waals surface area (Å²) in [6, 6.07) is 5.15. The second kappa shape index (κ2) is 5.00. The van der Waals surface area contributed by atoms with Crippen LogP contribution in [0.2, 0.25) is 5.02 Å². The Morgan fingerprint density at radius 2 is 2.36 bits per heavy atom. The number of nitrogens with one attached hydrogen (secondary N) is 1. The summed E-state index contributed by atoms with van der Waals surface area (Å²) in [6.45, 7) is 0.0362. The molecule has 0 fully saturated rings. The molecule has 6 heteroatoms. The van der Waals surface area contributed by atoms with Gasteiger partial charge in [0, 0.05) is 15.1 Å². The molecular weight excluding hydrogens is 267 g/mol. The first-order chi connectivity index (χ1) is 6.65. The van der Waals surface area contributed by atoms with Crippen LogP contribution in [0, 0.1) is 5.41 Å².